The highest BCUT2D eigenvalue weighted by Gasteiger charge is 2.11. The third-order valence-corrected chi connectivity index (χ3v) is 4.35. The zero-order valence-electron chi connectivity index (χ0n) is 13.0. The molecule has 0 aromatic heterocycles. The van der Waals surface area contributed by atoms with Crippen LogP contribution in [0.4, 0.5) is 5.69 Å². The largest absolute Gasteiger partial charge is 0.861 e. The second-order valence-electron chi connectivity index (χ2n) is 4.74. The Morgan fingerprint density at radius 2 is 1.88 bits per heavy atom. The zero-order valence-corrected chi connectivity index (χ0v) is 13.8. The fraction of sp³-hybridized carbons (Fsp3) is 0.125. The number of ether oxygens (including phenoxy) is 1. The molecule has 2 rings (SSSR count). The summed E-state index contributed by atoms with van der Waals surface area (Å²) < 4.78 is 31.6. The average molecular weight is 347 g/mol. The molecule has 2 aromatic rings. The second-order valence-corrected chi connectivity index (χ2v) is 6.34. The van der Waals surface area contributed by atoms with Gasteiger partial charge in [-0.3, -0.25) is 4.99 Å². The van der Waals surface area contributed by atoms with Gasteiger partial charge in [-0.1, -0.05) is 6.07 Å². The number of aliphatic imine (C=N–C) groups is 1. The zero-order chi connectivity index (χ0) is 17.7. The Morgan fingerprint density at radius 1 is 1.21 bits per heavy atom. The number of phenols is 1. The average Bonchev–Trinajstić information content (AvgIpc) is 2.53. The fourth-order valence-electron chi connectivity index (χ4n) is 1.88. The van der Waals surface area contributed by atoms with Crippen LogP contribution in [0.2, 0.25) is 0 Å². The van der Waals surface area contributed by atoms with Crippen molar-refractivity contribution >= 4 is 27.8 Å². The van der Waals surface area contributed by atoms with Gasteiger partial charge in [-0.15, -0.1) is 0 Å². The molecule has 0 aliphatic carbocycles. The van der Waals surface area contributed by atoms with Crippen LogP contribution in [0.15, 0.2) is 56.8 Å². The Morgan fingerprint density at radius 3 is 2.46 bits per heavy atom. The number of phenolic OH excluding ortho intramolecular Hbond substituents is 1. The maximum atomic E-state index is 11.8. The molecule has 126 valence electrons. The normalized spacial score (nSPS) is 12.5. The van der Waals surface area contributed by atoms with E-state index in [0.717, 1.165) is 6.92 Å². The van der Waals surface area contributed by atoms with E-state index in [1.54, 1.807) is 18.2 Å². The SMILES string of the molecule is COc1cccc(C=Nc2ccc(S(=O)(=O)N=C(C)[O-])cc2)c1O. The molecule has 0 radical (unpaired) electrons. The monoisotopic (exact) mass is 347 g/mol. The molecule has 0 saturated carbocycles. The summed E-state index contributed by atoms with van der Waals surface area (Å²) in [6, 6.07) is 10.5. The van der Waals surface area contributed by atoms with Crippen LogP contribution in [0.5, 0.6) is 11.5 Å². The van der Waals surface area contributed by atoms with Crippen molar-refractivity contribution in [1.82, 2.24) is 0 Å². The van der Waals surface area contributed by atoms with Crippen molar-refractivity contribution in [1.29, 1.82) is 0 Å². The predicted molar refractivity (Wildman–Crippen MR) is 88.6 cm³/mol. The summed E-state index contributed by atoms with van der Waals surface area (Å²) in [6.45, 7) is 1.07. The second kappa shape index (κ2) is 7.14. The van der Waals surface area contributed by atoms with Crippen molar-refractivity contribution < 1.29 is 23.4 Å². The van der Waals surface area contributed by atoms with E-state index in [0.29, 0.717) is 17.0 Å². The van der Waals surface area contributed by atoms with E-state index in [2.05, 4.69) is 9.39 Å². The Kier molecular flexibility index (Phi) is 5.20. The van der Waals surface area contributed by atoms with Gasteiger partial charge in [-0.25, -0.2) is 0 Å². The molecule has 24 heavy (non-hydrogen) atoms. The van der Waals surface area contributed by atoms with Gasteiger partial charge in [-0.05, 0) is 49.2 Å². The standard InChI is InChI=1S/C16H16N2O5S/c1-11(19)18-24(21,22)14-8-6-13(7-9-14)17-10-12-4-3-5-15(23-2)16(12)20/h3-10,20H,1-2H3,(H,18,19)/p-1. The van der Waals surface area contributed by atoms with E-state index in [1.807, 2.05) is 0 Å². The maximum absolute atomic E-state index is 11.8. The summed E-state index contributed by atoms with van der Waals surface area (Å²) in [5.74, 6) is -0.500. The number of para-hydroxylation sites is 1. The van der Waals surface area contributed by atoms with E-state index in [4.69, 9.17) is 4.74 Å². The predicted octanol–water partition coefficient (Wildman–Crippen LogP) is 1.62. The fourth-order valence-corrected chi connectivity index (χ4v) is 2.80. The summed E-state index contributed by atoms with van der Waals surface area (Å²) >= 11 is 0. The maximum Gasteiger partial charge on any atom is 0.281 e. The molecule has 1 N–H and O–H groups in total. The van der Waals surface area contributed by atoms with Crippen molar-refractivity contribution in [2.75, 3.05) is 7.11 Å². The molecule has 0 bridgehead atoms. The van der Waals surface area contributed by atoms with Crippen molar-refractivity contribution in [3.05, 3.63) is 48.0 Å². The highest BCUT2D eigenvalue weighted by molar-refractivity contribution is 7.90. The van der Waals surface area contributed by atoms with E-state index in [1.165, 1.54) is 37.6 Å². The van der Waals surface area contributed by atoms with Gasteiger partial charge in [0.15, 0.2) is 11.5 Å². The first kappa shape index (κ1) is 17.5. The molecule has 0 amide bonds. The number of rotatable bonds is 5. The molecule has 0 atom stereocenters. The van der Waals surface area contributed by atoms with Crippen molar-refractivity contribution in [2.24, 2.45) is 9.39 Å². The lowest BCUT2D eigenvalue weighted by Gasteiger charge is -2.05. The molecule has 7 nitrogen and oxygen atoms in total. The molecule has 2 aromatic carbocycles. The molecular formula is C16H15N2O5S-. The Labute approximate surface area is 139 Å². The minimum Gasteiger partial charge on any atom is -0.861 e. The lowest BCUT2D eigenvalue weighted by molar-refractivity contribution is -0.215. The lowest BCUT2D eigenvalue weighted by Crippen LogP contribution is -2.14. The number of hydrogen-bond donors (Lipinski definition) is 1. The van der Waals surface area contributed by atoms with Gasteiger partial charge < -0.3 is 14.9 Å². The number of nitrogens with zero attached hydrogens (tertiary/aromatic N) is 2. The van der Waals surface area contributed by atoms with Gasteiger partial charge in [0, 0.05) is 11.8 Å². The molecule has 0 aliphatic rings. The summed E-state index contributed by atoms with van der Waals surface area (Å²) in [7, 11) is -2.55. The van der Waals surface area contributed by atoms with E-state index >= 15 is 0 Å². The van der Waals surface area contributed by atoms with Crippen LogP contribution < -0.4 is 9.84 Å². The van der Waals surface area contributed by atoms with Gasteiger partial charge in [0.25, 0.3) is 10.0 Å². The van der Waals surface area contributed by atoms with Crippen LogP contribution in [0, 0.1) is 0 Å². The molecule has 0 aliphatic heterocycles. The van der Waals surface area contributed by atoms with Crippen LogP contribution in [0.1, 0.15) is 12.5 Å². The van der Waals surface area contributed by atoms with Crippen molar-refractivity contribution in [2.45, 2.75) is 11.8 Å². The topological polar surface area (TPSA) is 111 Å². The molecule has 0 spiro atoms. The summed E-state index contributed by atoms with van der Waals surface area (Å²) in [5.41, 5.74) is 0.927. The van der Waals surface area contributed by atoms with Crippen LogP contribution in [-0.4, -0.2) is 32.7 Å². The van der Waals surface area contributed by atoms with Gasteiger partial charge >= 0.3 is 0 Å². The third kappa shape index (κ3) is 4.11. The summed E-state index contributed by atoms with van der Waals surface area (Å²) in [4.78, 5) is 4.07. The van der Waals surface area contributed by atoms with Gasteiger partial charge in [-0.2, -0.15) is 12.8 Å². The number of sulfonamides is 1. The number of methoxy groups -OCH3 is 1. The van der Waals surface area contributed by atoms with Crippen LogP contribution in [-0.2, 0) is 10.0 Å². The number of aromatic hydroxyl groups is 1. The lowest BCUT2D eigenvalue weighted by atomic mass is 10.2. The van der Waals surface area contributed by atoms with Crippen LogP contribution >= 0.6 is 0 Å². The Hall–Kier alpha value is -2.87. The third-order valence-electron chi connectivity index (χ3n) is 2.99. The van der Waals surface area contributed by atoms with Crippen LogP contribution in [0.3, 0.4) is 0 Å². The minimum atomic E-state index is -3.99. The number of benzene rings is 2. The molecule has 0 saturated heterocycles. The molecular weight excluding hydrogens is 332 g/mol. The van der Waals surface area contributed by atoms with Crippen molar-refractivity contribution in [3.8, 4) is 11.5 Å². The first-order valence-corrected chi connectivity index (χ1v) is 8.26. The number of hydrogen-bond acceptors (Lipinski definition) is 6. The first-order chi connectivity index (χ1) is 11.3. The van der Waals surface area contributed by atoms with Gasteiger partial charge in [0.05, 0.1) is 17.7 Å². The molecule has 0 fully saturated rings. The van der Waals surface area contributed by atoms with Gasteiger partial charge in [0.2, 0.25) is 0 Å². The molecule has 0 heterocycles. The van der Waals surface area contributed by atoms with E-state index < -0.39 is 15.9 Å². The smallest absolute Gasteiger partial charge is 0.281 e. The van der Waals surface area contributed by atoms with Crippen molar-refractivity contribution in [3.63, 3.8) is 0 Å². The quantitative estimate of drug-likeness (QED) is 0.652. The summed E-state index contributed by atoms with van der Waals surface area (Å²) in [5, 5.41) is 20.8. The highest BCUT2D eigenvalue weighted by atomic mass is 32.2. The minimum absolute atomic E-state index is 0.0387. The Balaban J connectivity index is 2.25. The van der Waals surface area contributed by atoms with Gasteiger partial charge in [0.1, 0.15) is 0 Å². The molecule has 8 heteroatoms. The molecule has 0 unspecified atom stereocenters. The summed E-state index contributed by atoms with van der Waals surface area (Å²) in [6.07, 6.45) is 1.43. The first-order valence-electron chi connectivity index (χ1n) is 6.82. The van der Waals surface area contributed by atoms with E-state index in [-0.39, 0.29) is 10.6 Å². The highest BCUT2D eigenvalue weighted by Crippen LogP contribution is 2.28. The van der Waals surface area contributed by atoms with E-state index in [9.17, 15) is 18.6 Å². The van der Waals surface area contributed by atoms with Crippen LogP contribution in [0.25, 0.3) is 0 Å². The Bertz CT molecular complexity index is 883.